The monoisotopic (exact) mass is 257 g/mol. The maximum absolute atomic E-state index is 13.1. The lowest BCUT2D eigenvalue weighted by Gasteiger charge is -2.13. The molecular formula is C13H17ClFNO. The topological polar surface area (TPSA) is 21.3 Å². The summed E-state index contributed by atoms with van der Waals surface area (Å²) in [5.74, 6) is 0.507. The van der Waals surface area contributed by atoms with Crippen molar-refractivity contribution in [2.45, 2.75) is 25.8 Å². The van der Waals surface area contributed by atoms with E-state index in [4.69, 9.17) is 16.3 Å². The molecule has 1 saturated carbocycles. The summed E-state index contributed by atoms with van der Waals surface area (Å²) in [5.41, 5.74) is 0. The van der Waals surface area contributed by atoms with E-state index >= 15 is 0 Å². The van der Waals surface area contributed by atoms with Crippen molar-refractivity contribution in [2.75, 3.05) is 13.2 Å². The first-order chi connectivity index (χ1) is 8.15. The summed E-state index contributed by atoms with van der Waals surface area (Å²) < 4.78 is 18.7. The number of halogens is 2. The molecule has 1 N–H and O–H groups in total. The van der Waals surface area contributed by atoms with Crippen molar-refractivity contribution in [3.63, 3.8) is 0 Å². The predicted octanol–water partition coefficient (Wildman–Crippen LogP) is 3.25. The van der Waals surface area contributed by atoms with E-state index in [1.165, 1.54) is 25.0 Å². The molecule has 0 spiro atoms. The maximum Gasteiger partial charge on any atom is 0.145 e. The first-order valence-corrected chi connectivity index (χ1v) is 6.34. The van der Waals surface area contributed by atoms with Crippen molar-refractivity contribution in [1.82, 2.24) is 5.32 Å². The fourth-order valence-corrected chi connectivity index (χ4v) is 1.64. The fraction of sp³-hybridized carbons (Fsp3) is 0.538. The zero-order chi connectivity index (χ0) is 12.3. The van der Waals surface area contributed by atoms with Gasteiger partial charge in [0.2, 0.25) is 0 Å². The third-order valence-corrected chi connectivity index (χ3v) is 3.06. The molecule has 0 aliphatic heterocycles. The van der Waals surface area contributed by atoms with Crippen molar-refractivity contribution < 1.29 is 9.13 Å². The molecule has 0 amide bonds. The number of hydrogen-bond donors (Lipinski definition) is 1. The van der Waals surface area contributed by atoms with Gasteiger partial charge in [0, 0.05) is 24.6 Å². The molecule has 0 aromatic heterocycles. The van der Waals surface area contributed by atoms with E-state index in [0.717, 1.165) is 6.54 Å². The molecule has 0 saturated heterocycles. The Labute approximate surface area is 106 Å². The molecule has 17 heavy (non-hydrogen) atoms. The van der Waals surface area contributed by atoms with Crippen LogP contribution in [0.3, 0.4) is 0 Å². The minimum Gasteiger partial charge on any atom is -0.493 e. The SMILES string of the molecule is CC(CNC1CC1)COc1ccc(Cl)c(F)c1. The first kappa shape index (κ1) is 12.7. The molecule has 94 valence electrons. The lowest BCUT2D eigenvalue weighted by Crippen LogP contribution is -2.26. The Balaban J connectivity index is 1.73. The van der Waals surface area contributed by atoms with Gasteiger partial charge in [-0.2, -0.15) is 0 Å². The third-order valence-electron chi connectivity index (χ3n) is 2.76. The highest BCUT2D eigenvalue weighted by Gasteiger charge is 2.20. The molecule has 1 aliphatic carbocycles. The van der Waals surface area contributed by atoms with Crippen LogP contribution in [0.5, 0.6) is 5.75 Å². The Kier molecular flexibility index (Phi) is 4.24. The van der Waals surface area contributed by atoms with Gasteiger partial charge < -0.3 is 10.1 Å². The molecule has 1 atom stereocenters. The Morgan fingerprint density at radius 2 is 2.29 bits per heavy atom. The number of benzene rings is 1. The molecular weight excluding hydrogens is 241 g/mol. The highest BCUT2D eigenvalue weighted by molar-refractivity contribution is 6.30. The van der Waals surface area contributed by atoms with Crippen LogP contribution in [-0.4, -0.2) is 19.2 Å². The van der Waals surface area contributed by atoms with E-state index in [0.29, 0.717) is 24.3 Å². The van der Waals surface area contributed by atoms with Gasteiger partial charge in [0.05, 0.1) is 11.6 Å². The Hall–Kier alpha value is -0.800. The average Bonchev–Trinajstić information content (AvgIpc) is 3.12. The van der Waals surface area contributed by atoms with Gasteiger partial charge in [-0.1, -0.05) is 18.5 Å². The molecule has 1 aliphatic rings. The highest BCUT2D eigenvalue weighted by Crippen LogP contribution is 2.21. The zero-order valence-electron chi connectivity index (χ0n) is 9.88. The first-order valence-electron chi connectivity index (χ1n) is 5.96. The minimum absolute atomic E-state index is 0.126. The number of rotatable bonds is 6. The van der Waals surface area contributed by atoms with Gasteiger partial charge >= 0.3 is 0 Å². The van der Waals surface area contributed by atoms with Crippen molar-refractivity contribution in [1.29, 1.82) is 0 Å². The van der Waals surface area contributed by atoms with Crippen LogP contribution < -0.4 is 10.1 Å². The van der Waals surface area contributed by atoms with Crippen LogP contribution in [0.4, 0.5) is 4.39 Å². The molecule has 4 heteroatoms. The van der Waals surface area contributed by atoms with Crippen LogP contribution in [0.25, 0.3) is 0 Å². The van der Waals surface area contributed by atoms with E-state index in [9.17, 15) is 4.39 Å². The van der Waals surface area contributed by atoms with Crippen molar-refractivity contribution in [3.05, 3.63) is 29.0 Å². The van der Waals surface area contributed by atoms with Crippen LogP contribution in [0.2, 0.25) is 5.02 Å². The fourth-order valence-electron chi connectivity index (χ4n) is 1.52. The number of ether oxygens (including phenoxy) is 1. The summed E-state index contributed by atoms with van der Waals surface area (Å²) in [5, 5.41) is 3.56. The molecule has 2 rings (SSSR count). The van der Waals surface area contributed by atoms with Crippen molar-refractivity contribution >= 4 is 11.6 Å². The zero-order valence-corrected chi connectivity index (χ0v) is 10.6. The summed E-state index contributed by atoms with van der Waals surface area (Å²) in [6.07, 6.45) is 2.58. The van der Waals surface area contributed by atoms with Gasteiger partial charge in [-0.05, 0) is 25.0 Å². The highest BCUT2D eigenvalue weighted by atomic mass is 35.5. The molecule has 0 bridgehead atoms. The van der Waals surface area contributed by atoms with Crippen molar-refractivity contribution in [2.24, 2.45) is 5.92 Å². The van der Waals surface area contributed by atoms with Crippen LogP contribution in [0.15, 0.2) is 18.2 Å². The standard InChI is InChI=1S/C13H17ClFNO/c1-9(7-16-10-2-3-10)8-17-11-4-5-12(14)13(15)6-11/h4-6,9-10,16H,2-3,7-8H2,1H3. The summed E-state index contributed by atoms with van der Waals surface area (Å²) in [7, 11) is 0. The summed E-state index contributed by atoms with van der Waals surface area (Å²) in [6, 6.07) is 5.24. The van der Waals surface area contributed by atoms with Gasteiger partial charge in [-0.3, -0.25) is 0 Å². The van der Waals surface area contributed by atoms with E-state index in [-0.39, 0.29) is 5.02 Å². The van der Waals surface area contributed by atoms with Gasteiger partial charge in [0.15, 0.2) is 0 Å². The average molecular weight is 258 g/mol. The molecule has 0 radical (unpaired) electrons. The van der Waals surface area contributed by atoms with Crippen LogP contribution in [0.1, 0.15) is 19.8 Å². The van der Waals surface area contributed by atoms with Crippen LogP contribution in [-0.2, 0) is 0 Å². The molecule has 1 aromatic carbocycles. The van der Waals surface area contributed by atoms with Gasteiger partial charge in [0.25, 0.3) is 0 Å². The molecule has 1 unspecified atom stereocenters. The molecule has 2 nitrogen and oxygen atoms in total. The number of hydrogen-bond acceptors (Lipinski definition) is 2. The van der Waals surface area contributed by atoms with E-state index in [1.54, 1.807) is 6.07 Å². The molecule has 0 heterocycles. The quantitative estimate of drug-likeness (QED) is 0.845. The van der Waals surface area contributed by atoms with Gasteiger partial charge in [-0.15, -0.1) is 0 Å². The second-order valence-electron chi connectivity index (χ2n) is 4.67. The minimum atomic E-state index is -0.437. The smallest absolute Gasteiger partial charge is 0.145 e. The Bertz CT molecular complexity index is 382. The summed E-state index contributed by atoms with van der Waals surface area (Å²) in [4.78, 5) is 0. The number of nitrogens with one attached hydrogen (secondary N) is 1. The second-order valence-corrected chi connectivity index (χ2v) is 5.08. The second kappa shape index (κ2) is 5.69. The van der Waals surface area contributed by atoms with E-state index < -0.39 is 5.82 Å². The van der Waals surface area contributed by atoms with Crippen LogP contribution >= 0.6 is 11.6 Å². The molecule has 1 aromatic rings. The van der Waals surface area contributed by atoms with Crippen molar-refractivity contribution in [3.8, 4) is 5.75 Å². The lowest BCUT2D eigenvalue weighted by molar-refractivity contribution is 0.254. The lowest BCUT2D eigenvalue weighted by atomic mass is 10.2. The van der Waals surface area contributed by atoms with Gasteiger partial charge in [-0.25, -0.2) is 4.39 Å². The Morgan fingerprint density at radius 3 is 2.94 bits per heavy atom. The van der Waals surface area contributed by atoms with Gasteiger partial charge in [0.1, 0.15) is 11.6 Å². The largest absolute Gasteiger partial charge is 0.493 e. The summed E-state index contributed by atoms with van der Waals surface area (Å²) in [6.45, 7) is 3.64. The predicted molar refractivity (Wildman–Crippen MR) is 67.1 cm³/mol. The van der Waals surface area contributed by atoms with E-state index in [2.05, 4.69) is 12.2 Å². The maximum atomic E-state index is 13.1. The Morgan fingerprint density at radius 1 is 1.53 bits per heavy atom. The van der Waals surface area contributed by atoms with Crippen LogP contribution in [0, 0.1) is 11.7 Å². The molecule has 1 fully saturated rings. The van der Waals surface area contributed by atoms with E-state index in [1.807, 2.05) is 0 Å². The summed E-state index contributed by atoms with van der Waals surface area (Å²) >= 11 is 5.59. The normalized spacial score (nSPS) is 16.9. The third kappa shape index (κ3) is 4.17.